The van der Waals surface area contributed by atoms with Crippen molar-refractivity contribution in [2.24, 2.45) is 4.99 Å². The standard InChI is InChI=1S/C22H23NO3/c1-4-25-20(24)14-19(16-10-6-5-7-11-16)17-12-8-9-13-18(17)21-23-22(2,3)15-26-21/h5-14H,4,15H2,1-3H3/b19-14+. The molecule has 0 bridgehead atoms. The predicted octanol–water partition coefficient (Wildman–Crippen LogP) is 4.24. The second-order valence-corrected chi connectivity index (χ2v) is 6.74. The molecule has 3 rings (SSSR count). The highest BCUT2D eigenvalue weighted by atomic mass is 16.5. The van der Waals surface area contributed by atoms with Gasteiger partial charge in [0.25, 0.3) is 0 Å². The minimum absolute atomic E-state index is 0.250. The van der Waals surface area contributed by atoms with Crippen LogP contribution in [-0.2, 0) is 14.3 Å². The molecule has 0 aliphatic carbocycles. The molecule has 1 aliphatic rings. The van der Waals surface area contributed by atoms with Gasteiger partial charge in [-0.05, 0) is 43.5 Å². The van der Waals surface area contributed by atoms with Gasteiger partial charge in [-0.2, -0.15) is 0 Å². The van der Waals surface area contributed by atoms with E-state index >= 15 is 0 Å². The number of hydrogen-bond acceptors (Lipinski definition) is 4. The summed E-state index contributed by atoms with van der Waals surface area (Å²) in [4.78, 5) is 16.9. The Balaban J connectivity index is 2.13. The molecule has 4 heteroatoms. The number of nitrogens with zero attached hydrogens (tertiary/aromatic N) is 1. The van der Waals surface area contributed by atoms with Gasteiger partial charge < -0.3 is 9.47 Å². The molecule has 0 atom stereocenters. The summed E-state index contributed by atoms with van der Waals surface area (Å²) >= 11 is 0. The molecule has 134 valence electrons. The van der Waals surface area contributed by atoms with E-state index in [1.54, 1.807) is 13.0 Å². The van der Waals surface area contributed by atoms with Crippen LogP contribution in [-0.4, -0.2) is 30.6 Å². The fourth-order valence-electron chi connectivity index (χ4n) is 2.86. The Morgan fingerprint density at radius 2 is 1.85 bits per heavy atom. The van der Waals surface area contributed by atoms with Crippen LogP contribution in [0.2, 0.25) is 0 Å². The summed E-state index contributed by atoms with van der Waals surface area (Å²) in [6.45, 7) is 6.75. The van der Waals surface area contributed by atoms with Gasteiger partial charge in [0.1, 0.15) is 6.61 Å². The Kier molecular flexibility index (Phi) is 5.21. The summed E-state index contributed by atoms with van der Waals surface area (Å²) in [5.74, 6) is 0.243. The van der Waals surface area contributed by atoms with Crippen LogP contribution in [0.15, 0.2) is 65.7 Å². The Hall–Kier alpha value is -2.88. The zero-order valence-electron chi connectivity index (χ0n) is 15.4. The zero-order valence-corrected chi connectivity index (χ0v) is 15.4. The van der Waals surface area contributed by atoms with Crippen molar-refractivity contribution < 1.29 is 14.3 Å². The average molecular weight is 349 g/mol. The number of rotatable bonds is 5. The molecule has 0 radical (unpaired) electrons. The number of ether oxygens (including phenoxy) is 2. The quantitative estimate of drug-likeness (QED) is 0.599. The lowest BCUT2D eigenvalue weighted by molar-refractivity contribution is -0.137. The normalized spacial score (nSPS) is 16.0. The molecular formula is C22H23NO3. The minimum atomic E-state index is -0.365. The monoisotopic (exact) mass is 349 g/mol. The highest BCUT2D eigenvalue weighted by Gasteiger charge is 2.28. The maximum Gasteiger partial charge on any atom is 0.331 e. The second kappa shape index (κ2) is 7.56. The van der Waals surface area contributed by atoms with Crippen LogP contribution in [0.5, 0.6) is 0 Å². The van der Waals surface area contributed by atoms with Crippen molar-refractivity contribution in [3.8, 4) is 0 Å². The fourth-order valence-corrected chi connectivity index (χ4v) is 2.86. The highest BCUT2D eigenvalue weighted by molar-refractivity contribution is 6.05. The van der Waals surface area contributed by atoms with E-state index in [2.05, 4.69) is 0 Å². The first-order valence-electron chi connectivity index (χ1n) is 8.76. The first-order chi connectivity index (χ1) is 12.5. The van der Waals surface area contributed by atoms with Crippen molar-refractivity contribution in [1.29, 1.82) is 0 Å². The van der Waals surface area contributed by atoms with Crippen molar-refractivity contribution in [2.75, 3.05) is 13.2 Å². The van der Waals surface area contributed by atoms with Gasteiger partial charge in [-0.3, -0.25) is 0 Å². The Morgan fingerprint density at radius 1 is 1.15 bits per heavy atom. The molecule has 0 N–H and O–H groups in total. The maximum atomic E-state index is 12.2. The fraction of sp³-hybridized carbons (Fsp3) is 0.273. The molecule has 0 saturated heterocycles. The number of hydrogen-bond donors (Lipinski definition) is 0. The summed E-state index contributed by atoms with van der Waals surface area (Å²) in [6, 6.07) is 17.6. The average Bonchev–Trinajstić information content (AvgIpc) is 3.00. The van der Waals surface area contributed by atoms with Crippen molar-refractivity contribution in [3.05, 3.63) is 77.4 Å². The van der Waals surface area contributed by atoms with Gasteiger partial charge in [0.15, 0.2) is 0 Å². The molecule has 0 aromatic heterocycles. The summed E-state index contributed by atoms with van der Waals surface area (Å²) < 4.78 is 11.0. The first-order valence-corrected chi connectivity index (χ1v) is 8.76. The molecular weight excluding hydrogens is 326 g/mol. The topological polar surface area (TPSA) is 47.9 Å². The SMILES string of the molecule is CCOC(=O)/C=C(\c1ccccc1)c1ccccc1C1=NC(C)(C)CO1. The van der Waals surface area contributed by atoms with E-state index in [9.17, 15) is 4.79 Å². The molecule has 2 aromatic rings. The van der Waals surface area contributed by atoms with E-state index in [0.717, 1.165) is 22.3 Å². The van der Waals surface area contributed by atoms with Crippen LogP contribution in [0.3, 0.4) is 0 Å². The van der Waals surface area contributed by atoms with E-state index in [4.69, 9.17) is 14.5 Å². The summed E-state index contributed by atoms with van der Waals surface area (Å²) in [6.07, 6.45) is 1.54. The second-order valence-electron chi connectivity index (χ2n) is 6.74. The van der Waals surface area contributed by atoms with Gasteiger partial charge in [-0.25, -0.2) is 9.79 Å². The van der Waals surface area contributed by atoms with Crippen LogP contribution in [0.4, 0.5) is 0 Å². The summed E-state index contributed by atoms with van der Waals surface area (Å²) in [5, 5.41) is 0. The van der Waals surface area contributed by atoms with E-state index < -0.39 is 0 Å². The van der Waals surface area contributed by atoms with Gasteiger partial charge in [0.05, 0.1) is 12.1 Å². The Labute approximate surface area is 154 Å². The third-order valence-electron chi connectivity index (χ3n) is 4.05. The third-order valence-corrected chi connectivity index (χ3v) is 4.05. The highest BCUT2D eigenvalue weighted by Crippen LogP contribution is 2.30. The molecule has 0 spiro atoms. The van der Waals surface area contributed by atoms with E-state index in [-0.39, 0.29) is 11.5 Å². The molecule has 26 heavy (non-hydrogen) atoms. The molecule has 0 saturated carbocycles. The van der Waals surface area contributed by atoms with Crippen LogP contribution in [0.25, 0.3) is 5.57 Å². The molecule has 2 aromatic carbocycles. The molecule has 1 heterocycles. The van der Waals surface area contributed by atoms with Gasteiger partial charge in [-0.15, -0.1) is 0 Å². The molecule has 1 aliphatic heterocycles. The minimum Gasteiger partial charge on any atom is -0.475 e. The summed E-state index contributed by atoms with van der Waals surface area (Å²) in [7, 11) is 0. The van der Waals surface area contributed by atoms with Crippen LogP contribution < -0.4 is 0 Å². The van der Waals surface area contributed by atoms with Crippen LogP contribution in [0, 0.1) is 0 Å². The van der Waals surface area contributed by atoms with Gasteiger partial charge in [-0.1, -0.05) is 48.5 Å². The number of aliphatic imine (C=N–C) groups is 1. The van der Waals surface area contributed by atoms with Crippen molar-refractivity contribution in [2.45, 2.75) is 26.3 Å². The van der Waals surface area contributed by atoms with Crippen molar-refractivity contribution in [3.63, 3.8) is 0 Å². The van der Waals surface area contributed by atoms with Gasteiger partial charge >= 0.3 is 5.97 Å². The van der Waals surface area contributed by atoms with Crippen LogP contribution in [0.1, 0.15) is 37.5 Å². The lowest BCUT2D eigenvalue weighted by Gasteiger charge is -2.13. The first kappa shape index (κ1) is 17.9. The Bertz CT molecular complexity index is 851. The number of esters is 1. The smallest absolute Gasteiger partial charge is 0.331 e. The van der Waals surface area contributed by atoms with Crippen LogP contribution >= 0.6 is 0 Å². The third kappa shape index (κ3) is 4.02. The van der Waals surface area contributed by atoms with Crippen molar-refractivity contribution >= 4 is 17.4 Å². The van der Waals surface area contributed by atoms with E-state index in [0.29, 0.717) is 19.1 Å². The van der Waals surface area contributed by atoms with Crippen molar-refractivity contribution in [1.82, 2.24) is 0 Å². The lowest BCUT2D eigenvalue weighted by atomic mass is 9.93. The maximum absolute atomic E-state index is 12.2. The summed E-state index contributed by atoms with van der Waals surface area (Å²) in [5.41, 5.74) is 3.24. The van der Waals surface area contributed by atoms with E-state index in [1.807, 2.05) is 68.4 Å². The van der Waals surface area contributed by atoms with E-state index in [1.165, 1.54) is 0 Å². The number of carbonyl (C=O) groups is 1. The largest absolute Gasteiger partial charge is 0.475 e. The molecule has 4 nitrogen and oxygen atoms in total. The lowest BCUT2D eigenvalue weighted by Crippen LogP contribution is -2.17. The predicted molar refractivity (Wildman–Crippen MR) is 103 cm³/mol. The van der Waals surface area contributed by atoms with Gasteiger partial charge in [0.2, 0.25) is 5.90 Å². The molecule has 0 amide bonds. The Morgan fingerprint density at radius 3 is 2.50 bits per heavy atom. The molecule has 0 fully saturated rings. The number of benzene rings is 2. The zero-order chi connectivity index (χ0) is 18.6. The van der Waals surface area contributed by atoms with Gasteiger partial charge in [0, 0.05) is 11.6 Å². The number of carbonyl (C=O) groups excluding carboxylic acids is 1. The molecule has 0 unspecified atom stereocenters.